The number of rotatable bonds is 4. The molecule has 104 valence electrons. The second-order valence-corrected chi connectivity index (χ2v) is 5.82. The van der Waals surface area contributed by atoms with Crippen LogP contribution in [0.5, 0.6) is 0 Å². The molecule has 0 heterocycles. The Bertz CT molecular complexity index is 662. The molecule has 2 rings (SSSR count). The summed E-state index contributed by atoms with van der Waals surface area (Å²) < 4.78 is 0.841. The van der Waals surface area contributed by atoms with E-state index in [1.807, 2.05) is 18.2 Å². The monoisotopic (exact) mass is 372 g/mol. The topological polar surface area (TPSA) is 55.1 Å². The van der Waals surface area contributed by atoms with Crippen LogP contribution in [0.4, 0.5) is 5.69 Å². The van der Waals surface area contributed by atoms with Crippen molar-refractivity contribution in [3.8, 4) is 0 Å². The Morgan fingerprint density at radius 2 is 1.90 bits per heavy atom. The molecule has 2 aromatic carbocycles. The summed E-state index contributed by atoms with van der Waals surface area (Å²) in [6, 6.07) is 10.6. The van der Waals surface area contributed by atoms with E-state index >= 15 is 0 Å². The van der Waals surface area contributed by atoms with Crippen molar-refractivity contribution in [2.45, 2.75) is 6.54 Å². The highest BCUT2D eigenvalue weighted by Gasteiger charge is 2.06. The van der Waals surface area contributed by atoms with Crippen molar-refractivity contribution in [2.75, 3.05) is 5.32 Å². The highest BCUT2D eigenvalue weighted by Crippen LogP contribution is 2.26. The lowest BCUT2D eigenvalue weighted by Gasteiger charge is -2.09. The Kier molecular flexibility index (Phi) is 4.91. The van der Waals surface area contributed by atoms with Crippen LogP contribution in [-0.4, -0.2) is 5.91 Å². The molecule has 0 aromatic heterocycles. The molecule has 20 heavy (non-hydrogen) atoms. The first kappa shape index (κ1) is 15.2. The first-order chi connectivity index (χ1) is 9.47. The molecule has 1 amide bonds. The van der Waals surface area contributed by atoms with E-state index in [0.29, 0.717) is 22.2 Å². The molecule has 0 atom stereocenters. The van der Waals surface area contributed by atoms with Crippen LogP contribution in [0.15, 0.2) is 40.9 Å². The maximum Gasteiger partial charge on any atom is 0.248 e. The smallest absolute Gasteiger partial charge is 0.248 e. The van der Waals surface area contributed by atoms with Crippen LogP contribution in [0.1, 0.15) is 15.9 Å². The number of carbonyl (C=O) groups excluding carboxylic acids is 1. The fraction of sp³-hybridized carbons (Fsp3) is 0.0714. The Morgan fingerprint density at radius 3 is 2.50 bits per heavy atom. The molecular formula is C14H11BrCl2N2O. The lowest BCUT2D eigenvalue weighted by atomic mass is 10.1. The van der Waals surface area contributed by atoms with Crippen LogP contribution >= 0.6 is 39.1 Å². The van der Waals surface area contributed by atoms with E-state index in [1.54, 1.807) is 18.2 Å². The minimum Gasteiger partial charge on any atom is -0.381 e. The highest BCUT2D eigenvalue weighted by molar-refractivity contribution is 9.10. The number of hydrogen-bond donors (Lipinski definition) is 2. The quantitative estimate of drug-likeness (QED) is 0.830. The van der Waals surface area contributed by atoms with E-state index in [1.165, 1.54) is 0 Å². The van der Waals surface area contributed by atoms with Crippen molar-refractivity contribution in [3.05, 3.63) is 62.0 Å². The van der Waals surface area contributed by atoms with Crippen molar-refractivity contribution in [2.24, 2.45) is 5.73 Å². The fourth-order valence-corrected chi connectivity index (χ4v) is 2.32. The summed E-state index contributed by atoms with van der Waals surface area (Å²) in [6.07, 6.45) is 0. The Balaban J connectivity index is 2.10. The molecule has 0 fully saturated rings. The molecule has 0 unspecified atom stereocenters. The van der Waals surface area contributed by atoms with Gasteiger partial charge in [-0.2, -0.15) is 0 Å². The van der Waals surface area contributed by atoms with E-state index in [-0.39, 0.29) is 0 Å². The first-order valence-corrected chi connectivity index (χ1v) is 7.29. The number of nitrogens with one attached hydrogen (secondary N) is 1. The van der Waals surface area contributed by atoms with Crippen LogP contribution in [0.3, 0.4) is 0 Å². The molecule has 0 saturated carbocycles. The lowest BCUT2D eigenvalue weighted by molar-refractivity contribution is 0.100. The maximum absolute atomic E-state index is 11.0. The summed E-state index contributed by atoms with van der Waals surface area (Å²) in [5.74, 6) is -0.494. The van der Waals surface area contributed by atoms with E-state index in [4.69, 9.17) is 28.9 Å². The second kappa shape index (κ2) is 6.48. The number of halogens is 3. The van der Waals surface area contributed by atoms with Gasteiger partial charge in [0, 0.05) is 27.3 Å². The standard InChI is InChI=1S/C14H11BrCl2N2O/c15-11-4-3-10(6-13(11)17)19-7-9-2-1-8(14(18)20)5-12(9)16/h1-6,19H,7H2,(H2,18,20). The van der Waals surface area contributed by atoms with Gasteiger partial charge < -0.3 is 11.1 Å². The SMILES string of the molecule is NC(=O)c1ccc(CNc2ccc(Br)c(Cl)c2)c(Cl)c1. The maximum atomic E-state index is 11.0. The van der Waals surface area contributed by atoms with E-state index in [2.05, 4.69) is 21.2 Å². The normalized spacial score (nSPS) is 10.3. The molecule has 0 aliphatic heterocycles. The molecular weight excluding hydrogens is 363 g/mol. The van der Waals surface area contributed by atoms with Gasteiger partial charge in [0.1, 0.15) is 0 Å². The lowest BCUT2D eigenvalue weighted by Crippen LogP contribution is -2.11. The van der Waals surface area contributed by atoms with Crippen LogP contribution in [0.2, 0.25) is 10.0 Å². The molecule has 3 N–H and O–H groups in total. The molecule has 0 spiro atoms. The third-order valence-corrected chi connectivity index (χ3v) is 4.32. The van der Waals surface area contributed by atoms with Crippen LogP contribution in [-0.2, 0) is 6.54 Å². The molecule has 2 aromatic rings. The van der Waals surface area contributed by atoms with Crippen LogP contribution < -0.4 is 11.1 Å². The van der Waals surface area contributed by atoms with Gasteiger partial charge in [0.05, 0.1) is 5.02 Å². The minimum absolute atomic E-state index is 0.394. The molecule has 3 nitrogen and oxygen atoms in total. The van der Waals surface area contributed by atoms with Crippen LogP contribution in [0.25, 0.3) is 0 Å². The van der Waals surface area contributed by atoms with Crippen molar-refractivity contribution in [1.82, 2.24) is 0 Å². The van der Waals surface area contributed by atoms with Gasteiger partial charge in [-0.1, -0.05) is 29.3 Å². The molecule has 0 aliphatic carbocycles. The van der Waals surface area contributed by atoms with Gasteiger partial charge in [0.25, 0.3) is 0 Å². The Morgan fingerprint density at radius 1 is 1.15 bits per heavy atom. The molecule has 0 saturated heterocycles. The predicted octanol–water partition coefficient (Wildman–Crippen LogP) is 4.47. The number of nitrogens with two attached hydrogens (primary N) is 1. The summed E-state index contributed by atoms with van der Waals surface area (Å²) in [5, 5.41) is 4.34. The van der Waals surface area contributed by atoms with Gasteiger partial charge >= 0.3 is 0 Å². The summed E-state index contributed by atoms with van der Waals surface area (Å²) in [6.45, 7) is 0.524. The first-order valence-electron chi connectivity index (χ1n) is 5.74. The number of carbonyl (C=O) groups is 1. The van der Waals surface area contributed by atoms with Crippen molar-refractivity contribution in [3.63, 3.8) is 0 Å². The average molecular weight is 374 g/mol. The number of amides is 1. The summed E-state index contributed by atoms with van der Waals surface area (Å²) in [7, 11) is 0. The van der Waals surface area contributed by atoms with Crippen LogP contribution in [0, 0.1) is 0 Å². The van der Waals surface area contributed by atoms with Crippen molar-refractivity contribution >= 4 is 50.7 Å². The second-order valence-electron chi connectivity index (χ2n) is 4.15. The van der Waals surface area contributed by atoms with Gasteiger partial charge in [0.15, 0.2) is 0 Å². The van der Waals surface area contributed by atoms with Gasteiger partial charge in [-0.15, -0.1) is 0 Å². The highest BCUT2D eigenvalue weighted by atomic mass is 79.9. The van der Waals surface area contributed by atoms with E-state index in [9.17, 15) is 4.79 Å². The van der Waals surface area contributed by atoms with Gasteiger partial charge in [-0.05, 0) is 51.8 Å². The molecule has 6 heteroatoms. The van der Waals surface area contributed by atoms with Gasteiger partial charge in [-0.25, -0.2) is 0 Å². The minimum atomic E-state index is -0.494. The number of benzene rings is 2. The van der Waals surface area contributed by atoms with Gasteiger partial charge in [0.2, 0.25) is 5.91 Å². The summed E-state index contributed by atoms with van der Waals surface area (Å²) in [5.41, 5.74) is 7.34. The molecule has 0 aliphatic rings. The van der Waals surface area contributed by atoms with E-state index < -0.39 is 5.91 Å². The number of primary amides is 1. The van der Waals surface area contributed by atoms with Gasteiger partial charge in [-0.3, -0.25) is 4.79 Å². The zero-order chi connectivity index (χ0) is 14.7. The fourth-order valence-electron chi connectivity index (χ4n) is 1.65. The largest absolute Gasteiger partial charge is 0.381 e. The third kappa shape index (κ3) is 3.66. The van der Waals surface area contributed by atoms with E-state index in [0.717, 1.165) is 15.7 Å². The van der Waals surface area contributed by atoms with Crippen molar-refractivity contribution in [1.29, 1.82) is 0 Å². The molecule has 0 bridgehead atoms. The predicted molar refractivity (Wildman–Crippen MR) is 86.4 cm³/mol. The third-order valence-electron chi connectivity index (χ3n) is 2.74. The molecule has 0 radical (unpaired) electrons. The number of anilines is 1. The van der Waals surface area contributed by atoms with Crippen molar-refractivity contribution < 1.29 is 4.79 Å². The zero-order valence-corrected chi connectivity index (χ0v) is 13.4. The Labute approximate surface area is 135 Å². The average Bonchev–Trinajstić information content (AvgIpc) is 2.41. The summed E-state index contributed by atoms with van der Waals surface area (Å²) >= 11 is 15.5. The summed E-state index contributed by atoms with van der Waals surface area (Å²) in [4.78, 5) is 11.0. The number of hydrogen-bond acceptors (Lipinski definition) is 2. The zero-order valence-electron chi connectivity index (χ0n) is 10.3. The Hall–Kier alpha value is -1.23.